The van der Waals surface area contributed by atoms with E-state index in [0.717, 1.165) is 32.6 Å². The summed E-state index contributed by atoms with van der Waals surface area (Å²) in [6.45, 7) is 5.02. The van der Waals surface area contributed by atoms with Gasteiger partial charge in [0.25, 0.3) is 0 Å². The van der Waals surface area contributed by atoms with Crippen LogP contribution in [0, 0.1) is 0 Å². The largest absolute Gasteiger partial charge is 0.382 e. The first-order valence-corrected chi connectivity index (χ1v) is 7.14. The van der Waals surface area contributed by atoms with Gasteiger partial charge in [-0.1, -0.05) is 0 Å². The summed E-state index contributed by atoms with van der Waals surface area (Å²) in [6, 6.07) is 2.13. The van der Waals surface area contributed by atoms with Crippen molar-refractivity contribution < 1.29 is 4.74 Å². The number of aliphatic imine (C=N–C) groups is 1. The van der Waals surface area contributed by atoms with Crippen LogP contribution in [0.25, 0.3) is 0 Å². The Hall–Kier alpha value is -1.11. The van der Waals surface area contributed by atoms with Crippen molar-refractivity contribution in [2.45, 2.75) is 19.8 Å². The van der Waals surface area contributed by atoms with Crippen LogP contribution in [0.15, 0.2) is 21.8 Å². The second-order valence-electron chi connectivity index (χ2n) is 3.73. The SMILES string of the molecule is CCOCCCN=C(NN)NCCc1ccsc1. The Kier molecular flexibility index (Phi) is 8.20. The van der Waals surface area contributed by atoms with Crippen molar-refractivity contribution in [1.29, 1.82) is 0 Å². The molecule has 0 unspecified atom stereocenters. The molecule has 0 spiro atoms. The zero-order valence-corrected chi connectivity index (χ0v) is 11.6. The summed E-state index contributed by atoms with van der Waals surface area (Å²) in [7, 11) is 0. The van der Waals surface area contributed by atoms with Crippen LogP contribution in [0.1, 0.15) is 18.9 Å². The maximum absolute atomic E-state index is 5.40. The normalized spacial score (nSPS) is 11.6. The Morgan fingerprint density at radius 2 is 2.44 bits per heavy atom. The molecule has 18 heavy (non-hydrogen) atoms. The molecule has 0 aliphatic heterocycles. The van der Waals surface area contributed by atoms with E-state index in [9.17, 15) is 0 Å². The number of guanidine groups is 1. The lowest BCUT2D eigenvalue weighted by Crippen LogP contribution is -2.42. The first-order chi connectivity index (χ1) is 8.86. The molecule has 0 atom stereocenters. The van der Waals surface area contributed by atoms with Crippen molar-refractivity contribution in [2.75, 3.05) is 26.3 Å². The predicted molar refractivity (Wildman–Crippen MR) is 76.8 cm³/mol. The predicted octanol–water partition coefficient (Wildman–Crippen LogP) is 1.13. The van der Waals surface area contributed by atoms with Crippen molar-refractivity contribution in [1.82, 2.24) is 10.7 Å². The fourth-order valence-corrected chi connectivity index (χ4v) is 2.12. The zero-order chi connectivity index (χ0) is 13.1. The molecule has 0 bridgehead atoms. The third kappa shape index (κ3) is 6.58. The molecule has 1 rings (SSSR count). The number of rotatable bonds is 8. The molecule has 1 aromatic heterocycles. The molecule has 1 heterocycles. The lowest BCUT2D eigenvalue weighted by Gasteiger charge is -2.08. The number of thiophene rings is 1. The van der Waals surface area contributed by atoms with Crippen molar-refractivity contribution in [3.63, 3.8) is 0 Å². The van der Waals surface area contributed by atoms with E-state index in [4.69, 9.17) is 10.6 Å². The van der Waals surface area contributed by atoms with Crippen molar-refractivity contribution >= 4 is 17.3 Å². The van der Waals surface area contributed by atoms with Gasteiger partial charge in [0.15, 0.2) is 0 Å². The minimum Gasteiger partial charge on any atom is -0.382 e. The van der Waals surface area contributed by atoms with Gasteiger partial charge >= 0.3 is 0 Å². The van der Waals surface area contributed by atoms with Gasteiger partial charge in [-0.05, 0) is 42.2 Å². The molecule has 0 saturated carbocycles. The molecule has 102 valence electrons. The van der Waals surface area contributed by atoms with Gasteiger partial charge < -0.3 is 10.1 Å². The van der Waals surface area contributed by atoms with Gasteiger partial charge in [-0.15, -0.1) is 0 Å². The monoisotopic (exact) mass is 270 g/mol. The number of hydrogen-bond donors (Lipinski definition) is 3. The zero-order valence-electron chi connectivity index (χ0n) is 10.8. The molecule has 5 nitrogen and oxygen atoms in total. The molecule has 0 aromatic carbocycles. The third-order valence-corrected chi connectivity index (χ3v) is 3.08. The molecule has 0 saturated heterocycles. The number of nitrogens with one attached hydrogen (secondary N) is 2. The maximum Gasteiger partial charge on any atom is 0.205 e. The van der Waals surface area contributed by atoms with Gasteiger partial charge in [0.2, 0.25) is 5.96 Å². The summed E-state index contributed by atoms with van der Waals surface area (Å²) >= 11 is 1.71. The molecule has 6 heteroatoms. The van der Waals surface area contributed by atoms with E-state index >= 15 is 0 Å². The van der Waals surface area contributed by atoms with E-state index in [1.807, 2.05) is 6.92 Å². The van der Waals surface area contributed by atoms with Gasteiger partial charge in [-0.2, -0.15) is 11.3 Å². The minimum absolute atomic E-state index is 0.640. The summed E-state index contributed by atoms with van der Waals surface area (Å²) in [5, 5.41) is 7.41. The van der Waals surface area contributed by atoms with E-state index in [-0.39, 0.29) is 0 Å². The highest BCUT2D eigenvalue weighted by atomic mass is 32.1. The van der Waals surface area contributed by atoms with E-state index in [2.05, 4.69) is 32.6 Å². The fraction of sp³-hybridized carbons (Fsp3) is 0.583. The molecule has 0 fully saturated rings. The Morgan fingerprint density at radius 1 is 1.56 bits per heavy atom. The number of nitrogens with zero attached hydrogens (tertiary/aromatic N) is 1. The van der Waals surface area contributed by atoms with Gasteiger partial charge in [0.1, 0.15) is 0 Å². The molecule has 4 N–H and O–H groups in total. The van der Waals surface area contributed by atoms with Crippen LogP contribution in [0.2, 0.25) is 0 Å². The first kappa shape index (κ1) is 14.9. The minimum atomic E-state index is 0.640. The number of nitrogens with two attached hydrogens (primary N) is 1. The summed E-state index contributed by atoms with van der Waals surface area (Å²) in [4.78, 5) is 4.32. The fourth-order valence-electron chi connectivity index (χ4n) is 1.41. The van der Waals surface area contributed by atoms with Crippen LogP contribution in [0.5, 0.6) is 0 Å². The molecule has 0 aliphatic carbocycles. The van der Waals surface area contributed by atoms with Crippen LogP contribution in [-0.2, 0) is 11.2 Å². The maximum atomic E-state index is 5.40. The van der Waals surface area contributed by atoms with Crippen LogP contribution < -0.4 is 16.6 Å². The van der Waals surface area contributed by atoms with Gasteiger partial charge in [0, 0.05) is 26.3 Å². The van der Waals surface area contributed by atoms with Gasteiger partial charge in [0.05, 0.1) is 0 Å². The van der Waals surface area contributed by atoms with Gasteiger partial charge in [-0.25, -0.2) is 5.84 Å². The van der Waals surface area contributed by atoms with Crippen LogP contribution in [0.4, 0.5) is 0 Å². The summed E-state index contributed by atoms with van der Waals surface area (Å²) in [6.07, 6.45) is 1.88. The Balaban J connectivity index is 2.14. The smallest absolute Gasteiger partial charge is 0.205 e. The second kappa shape index (κ2) is 9.87. The summed E-state index contributed by atoms with van der Waals surface area (Å²) < 4.78 is 5.24. The highest BCUT2D eigenvalue weighted by Gasteiger charge is 1.96. The number of hydrogen-bond acceptors (Lipinski definition) is 4. The number of ether oxygens (including phenoxy) is 1. The first-order valence-electron chi connectivity index (χ1n) is 6.20. The van der Waals surface area contributed by atoms with Crippen LogP contribution >= 0.6 is 11.3 Å². The highest BCUT2D eigenvalue weighted by Crippen LogP contribution is 2.05. The van der Waals surface area contributed by atoms with Crippen molar-refractivity contribution in [3.05, 3.63) is 22.4 Å². The molecular weight excluding hydrogens is 248 g/mol. The molecular formula is C12H22N4OS. The summed E-state index contributed by atoms with van der Waals surface area (Å²) in [5.41, 5.74) is 3.91. The molecule has 1 aromatic rings. The average molecular weight is 270 g/mol. The average Bonchev–Trinajstić information content (AvgIpc) is 2.89. The molecule has 0 aliphatic rings. The Morgan fingerprint density at radius 3 is 3.11 bits per heavy atom. The Labute approximate surface area is 112 Å². The third-order valence-electron chi connectivity index (χ3n) is 2.34. The van der Waals surface area contributed by atoms with E-state index in [0.29, 0.717) is 12.5 Å². The lowest BCUT2D eigenvalue weighted by molar-refractivity contribution is 0.146. The van der Waals surface area contributed by atoms with Crippen molar-refractivity contribution in [2.24, 2.45) is 10.8 Å². The van der Waals surface area contributed by atoms with Crippen LogP contribution in [0.3, 0.4) is 0 Å². The van der Waals surface area contributed by atoms with E-state index < -0.39 is 0 Å². The lowest BCUT2D eigenvalue weighted by atomic mass is 10.2. The highest BCUT2D eigenvalue weighted by molar-refractivity contribution is 7.07. The molecule has 0 radical (unpaired) electrons. The van der Waals surface area contributed by atoms with Crippen LogP contribution in [-0.4, -0.2) is 32.3 Å². The number of hydrazine groups is 1. The van der Waals surface area contributed by atoms with E-state index in [1.165, 1.54) is 5.56 Å². The second-order valence-corrected chi connectivity index (χ2v) is 4.51. The van der Waals surface area contributed by atoms with Gasteiger partial charge in [-0.3, -0.25) is 10.4 Å². The van der Waals surface area contributed by atoms with Crippen molar-refractivity contribution in [3.8, 4) is 0 Å². The molecule has 0 amide bonds. The standard InChI is InChI=1S/C12H22N4OS/c1-2-17-8-3-6-14-12(16-13)15-7-4-11-5-9-18-10-11/h5,9-10H,2-4,6-8,13H2,1H3,(H2,14,15,16). The quantitative estimate of drug-likeness (QED) is 0.218. The Bertz CT molecular complexity index is 327. The summed E-state index contributed by atoms with van der Waals surface area (Å²) in [5.74, 6) is 6.04. The topological polar surface area (TPSA) is 71.7 Å². The van der Waals surface area contributed by atoms with E-state index in [1.54, 1.807) is 11.3 Å².